The number of piperidine rings is 1. The fraction of sp³-hybridized carbons (Fsp3) is 0.667. The lowest BCUT2D eigenvalue weighted by Gasteiger charge is -2.28. The second-order valence-corrected chi connectivity index (χ2v) is 4.64. The lowest BCUT2D eigenvalue weighted by Crippen LogP contribution is -2.35. The van der Waals surface area contributed by atoms with Gasteiger partial charge in [-0.05, 0) is 39.8 Å². The molecular weight excluding hydrogens is 220 g/mol. The number of aromatic nitrogens is 1. The lowest BCUT2D eigenvalue weighted by molar-refractivity contribution is -0.143. The molecule has 5 heteroatoms. The molecule has 0 atom stereocenters. The van der Waals surface area contributed by atoms with Crippen LogP contribution in [0.15, 0.2) is 4.42 Å². The van der Waals surface area contributed by atoms with Crippen molar-refractivity contribution in [3.63, 3.8) is 0 Å². The normalized spacial score (nSPS) is 18.5. The Kier molecular flexibility index (Phi) is 3.47. The van der Waals surface area contributed by atoms with E-state index in [0.717, 1.165) is 30.4 Å². The van der Waals surface area contributed by atoms with E-state index >= 15 is 0 Å². The SMILES string of the molecule is Cc1nc(CN2CCC(C(=O)O)CC2)oc1C. The first-order chi connectivity index (χ1) is 8.06. The summed E-state index contributed by atoms with van der Waals surface area (Å²) in [5, 5.41) is 8.90. The van der Waals surface area contributed by atoms with Crippen LogP contribution in [0.4, 0.5) is 0 Å². The van der Waals surface area contributed by atoms with E-state index in [1.54, 1.807) is 0 Å². The maximum Gasteiger partial charge on any atom is 0.306 e. The number of aliphatic carboxylic acids is 1. The molecule has 2 rings (SSSR count). The molecule has 0 bridgehead atoms. The van der Waals surface area contributed by atoms with Crippen molar-refractivity contribution in [1.82, 2.24) is 9.88 Å². The molecular formula is C12H18N2O3. The highest BCUT2D eigenvalue weighted by molar-refractivity contribution is 5.70. The van der Waals surface area contributed by atoms with Crippen molar-refractivity contribution >= 4 is 5.97 Å². The summed E-state index contributed by atoms with van der Waals surface area (Å²) in [6, 6.07) is 0. The summed E-state index contributed by atoms with van der Waals surface area (Å²) in [7, 11) is 0. The van der Waals surface area contributed by atoms with E-state index in [0.29, 0.717) is 19.4 Å². The van der Waals surface area contributed by atoms with Gasteiger partial charge in [0.2, 0.25) is 5.89 Å². The molecule has 0 radical (unpaired) electrons. The van der Waals surface area contributed by atoms with Gasteiger partial charge in [-0.25, -0.2) is 4.98 Å². The van der Waals surface area contributed by atoms with Crippen molar-refractivity contribution in [2.45, 2.75) is 33.2 Å². The van der Waals surface area contributed by atoms with Crippen LogP contribution in [0.1, 0.15) is 30.2 Å². The van der Waals surface area contributed by atoms with Crippen molar-refractivity contribution in [2.24, 2.45) is 5.92 Å². The minimum atomic E-state index is -0.674. The van der Waals surface area contributed by atoms with Crippen molar-refractivity contribution in [3.05, 3.63) is 17.3 Å². The Bertz CT molecular complexity index is 386. The van der Waals surface area contributed by atoms with Gasteiger partial charge in [0, 0.05) is 0 Å². The van der Waals surface area contributed by atoms with E-state index in [1.807, 2.05) is 13.8 Å². The van der Waals surface area contributed by atoms with E-state index in [4.69, 9.17) is 9.52 Å². The summed E-state index contributed by atoms with van der Waals surface area (Å²) in [5.74, 6) is 0.737. The van der Waals surface area contributed by atoms with Crippen LogP contribution in [0.3, 0.4) is 0 Å². The average molecular weight is 238 g/mol. The number of carboxylic acids is 1. The third-order valence-corrected chi connectivity index (χ3v) is 3.37. The lowest BCUT2D eigenvalue weighted by atomic mass is 9.97. The summed E-state index contributed by atoms with van der Waals surface area (Å²) in [5.41, 5.74) is 0.931. The Hall–Kier alpha value is -1.36. The number of carboxylic acid groups (broad SMARTS) is 1. The number of hydrogen-bond donors (Lipinski definition) is 1. The Labute approximate surface area is 100 Å². The molecule has 0 amide bonds. The first kappa shape index (κ1) is 12.1. The number of carbonyl (C=O) groups is 1. The van der Waals surface area contributed by atoms with Gasteiger partial charge in [0.15, 0.2) is 0 Å². The number of likely N-dealkylation sites (tertiary alicyclic amines) is 1. The van der Waals surface area contributed by atoms with Crippen molar-refractivity contribution in [3.8, 4) is 0 Å². The Morgan fingerprint density at radius 3 is 2.59 bits per heavy atom. The topological polar surface area (TPSA) is 66.6 Å². The number of hydrogen-bond acceptors (Lipinski definition) is 4. The van der Waals surface area contributed by atoms with Gasteiger partial charge in [0.1, 0.15) is 5.76 Å². The number of nitrogens with zero attached hydrogens (tertiary/aromatic N) is 2. The first-order valence-electron chi connectivity index (χ1n) is 5.94. The highest BCUT2D eigenvalue weighted by atomic mass is 16.4. The average Bonchev–Trinajstić information content (AvgIpc) is 2.58. The summed E-state index contributed by atoms with van der Waals surface area (Å²) in [6.07, 6.45) is 1.43. The predicted molar refractivity (Wildman–Crippen MR) is 61.6 cm³/mol. The summed E-state index contributed by atoms with van der Waals surface area (Å²) in [6.45, 7) is 6.12. The highest BCUT2D eigenvalue weighted by Crippen LogP contribution is 2.19. The van der Waals surface area contributed by atoms with Crippen LogP contribution in [-0.4, -0.2) is 34.0 Å². The summed E-state index contributed by atoms with van der Waals surface area (Å²) < 4.78 is 5.52. The molecule has 1 aliphatic heterocycles. The molecule has 1 saturated heterocycles. The molecule has 0 unspecified atom stereocenters. The van der Waals surface area contributed by atoms with Gasteiger partial charge < -0.3 is 9.52 Å². The molecule has 2 heterocycles. The largest absolute Gasteiger partial charge is 0.481 e. The van der Waals surface area contributed by atoms with Crippen molar-refractivity contribution in [1.29, 1.82) is 0 Å². The molecule has 17 heavy (non-hydrogen) atoms. The molecule has 94 valence electrons. The Morgan fingerprint density at radius 1 is 1.47 bits per heavy atom. The Morgan fingerprint density at radius 2 is 2.12 bits per heavy atom. The maximum absolute atomic E-state index is 10.8. The molecule has 1 aliphatic rings. The smallest absolute Gasteiger partial charge is 0.306 e. The zero-order chi connectivity index (χ0) is 12.4. The van der Waals surface area contributed by atoms with Crippen LogP contribution in [0, 0.1) is 19.8 Å². The van der Waals surface area contributed by atoms with E-state index in [-0.39, 0.29) is 5.92 Å². The third-order valence-electron chi connectivity index (χ3n) is 3.37. The molecule has 0 saturated carbocycles. The van der Waals surface area contributed by atoms with Gasteiger partial charge >= 0.3 is 5.97 Å². The fourth-order valence-electron chi connectivity index (χ4n) is 2.14. The van der Waals surface area contributed by atoms with Crippen LogP contribution >= 0.6 is 0 Å². The summed E-state index contributed by atoms with van der Waals surface area (Å²) >= 11 is 0. The minimum Gasteiger partial charge on any atom is -0.481 e. The Balaban J connectivity index is 1.88. The van der Waals surface area contributed by atoms with Crippen molar-refractivity contribution in [2.75, 3.05) is 13.1 Å². The molecule has 1 aromatic rings. The van der Waals surface area contributed by atoms with Gasteiger partial charge in [0.25, 0.3) is 0 Å². The molecule has 1 aromatic heterocycles. The fourth-order valence-corrected chi connectivity index (χ4v) is 2.14. The number of aryl methyl sites for hydroxylation is 2. The molecule has 0 aromatic carbocycles. The molecule has 5 nitrogen and oxygen atoms in total. The van der Waals surface area contributed by atoms with Gasteiger partial charge in [-0.1, -0.05) is 0 Å². The van der Waals surface area contributed by atoms with Crippen LogP contribution in [0.2, 0.25) is 0 Å². The van der Waals surface area contributed by atoms with Crippen LogP contribution < -0.4 is 0 Å². The van der Waals surface area contributed by atoms with Crippen LogP contribution in [0.25, 0.3) is 0 Å². The molecule has 1 N–H and O–H groups in total. The first-order valence-corrected chi connectivity index (χ1v) is 5.94. The molecule has 0 aliphatic carbocycles. The van der Waals surface area contributed by atoms with Crippen molar-refractivity contribution < 1.29 is 14.3 Å². The second-order valence-electron chi connectivity index (χ2n) is 4.64. The predicted octanol–water partition coefficient (Wildman–Crippen LogP) is 1.59. The van der Waals surface area contributed by atoms with E-state index in [2.05, 4.69) is 9.88 Å². The van der Waals surface area contributed by atoms with Gasteiger partial charge in [0.05, 0.1) is 18.2 Å². The van der Waals surface area contributed by atoms with Gasteiger partial charge in [-0.2, -0.15) is 0 Å². The highest BCUT2D eigenvalue weighted by Gasteiger charge is 2.25. The minimum absolute atomic E-state index is 0.181. The van der Waals surface area contributed by atoms with E-state index in [1.165, 1.54) is 0 Å². The van der Waals surface area contributed by atoms with E-state index in [9.17, 15) is 4.79 Å². The quantitative estimate of drug-likeness (QED) is 0.866. The molecule has 1 fully saturated rings. The summed E-state index contributed by atoms with van der Waals surface area (Å²) in [4.78, 5) is 17.4. The zero-order valence-corrected chi connectivity index (χ0v) is 10.3. The van der Waals surface area contributed by atoms with Gasteiger partial charge in [-0.15, -0.1) is 0 Å². The van der Waals surface area contributed by atoms with Crippen LogP contribution in [0.5, 0.6) is 0 Å². The van der Waals surface area contributed by atoms with E-state index < -0.39 is 5.97 Å². The van der Waals surface area contributed by atoms with Crippen LogP contribution in [-0.2, 0) is 11.3 Å². The zero-order valence-electron chi connectivity index (χ0n) is 10.3. The van der Waals surface area contributed by atoms with Gasteiger partial charge in [-0.3, -0.25) is 9.69 Å². The second kappa shape index (κ2) is 4.87. The number of oxazole rings is 1. The molecule has 0 spiro atoms. The monoisotopic (exact) mass is 238 g/mol. The number of rotatable bonds is 3. The third kappa shape index (κ3) is 2.85. The maximum atomic E-state index is 10.8. The standard InChI is InChI=1S/C12H18N2O3/c1-8-9(2)17-11(13-8)7-14-5-3-10(4-6-14)12(15)16/h10H,3-7H2,1-2H3,(H,15,16).